The second-order valence-electron chi connectivity index (χ2n) is 5.08. The molecule has 6 nitrogen and oxygen atoms in total. The van der Waals surface area contributed by atoms with Crippen molar-refractivity contribution in [3.05, 3.63) is 30.1 Å². The van der Waals surface area contributed by atoms with Crippen molar-refractivity contribution >= 4 is 16.0 Å². The predicted octanol–water partition coefficient (Wildman–Crippen LogP) is 1.10. The molecule has 1 aliphatic rings. The number of nitrogens with zero attached hydrogens (tertiary/aromatic N) is 2. The summed E-state index contributed by atoms with van der Waals surface area (Å²) in [5, 5.41) is 8.31. The highest BCUT2D eigenvalue weighted by Crippen LogP contribution is 2.33. The number of rotatable bonds is 5. The maximum absolute atomic E-state index is 12.5. The van der Waals surface area contributed by atoms with Gasteiger partial charge in [0.2, 0.25) is 10.0 Å². The third kappa shape index (κ3) is 2.99. The molecule has 1 aromatic rings. The van der Waals surface area contributed by atoms with Gasteiger partial charge in [-0.2, -0.15) is 0 Å². The number of carboxylic acid groups (broad SMARTS) is 1. The Kier molecular flexibility index (Phi) is 4.39. The van der Waals surface area contributed by atoms with Crippen molar-refractivity contribution in [2.24, 2.45) is 5.92 Å². The summed E-state index contributed by atoms with van der Waals surface area (Å²) in [6, 6.07) is 3.54. The summed E-state index contributed by atoms with van der Waals surface area (Å²) >= 11 is 0. The number of aliphatic carboxylic acids is 1. The third-order valence-corrected chi connectivity index (χ3v) is 6.04. The van der Waals surface area contributed by atoms with Crippen LogP contribution in [0.15, 0.2) is 24.5 Å². The average Bonchev–Trinajstić information content (AvgIpc) is 2.89. The van der Waals surface area contributed by atoms with Gasteiger partial charge in [-0.15, -0.1) is 0 Å². The van der Waals surface area contributed by atoms with Crippen molar-refractivity contribution < 1.29 is 18.3 Å². The van der Waals surface area contributed by atoms with E-state index >= 15 is 0 Å². The van der Waals surface area contributed by atoms with Gasteiger partial charge < -0.3 is 5.11 Å². The van der Waals surface area contributed by atoms with E-state index in [4.69, 9.17) is 5.11 Å². The fraction of sp³-hybridized carbons (Fsp3) is 0.538. The number of aromatic nitrogens is 1. The Bertz CT molecular complexity index is 573. The van der Waals surface area contributed by atoms with Crippen LogP contribution in [0.5, 0.6) is 0 Å². The standard InChI is InChI=1S/C13H18N2O4S/c1-15(9-10-4-3-7-14-8-10)20(18,19)12-6-2-5-11(12)13(16)17/h3-4,7-8,11-12H,2,5-6,9H2,1H3,(H,16,17). The Morgan fingerprint density at radius 1 is 1.50 bits per heavy atom. The molecule has 7 heteroatoms. The van der Waals surface area contributed by atoms with Crippen molar-refractivity contribution in [3.63, 3.8) is 0 Å². The fourth-order valence-electron chi connectivity index (χ4n) is 2.63. The lowest BCUT2D eigenvalue weighted by Crippen LogP contribution is -2.40. The van der Waals surface area contributed by atoms with Crippen LogP contribution in [-0.4, -0.2) is 41.1 Å². The van der Waals surface area contributed by atoms with Crippen LogP contribution in [0, 0.1) is 5.92 Å². The first-order chi connectivity index (χ1) is 9.43. The van der Waals surface area contributed by atoms with E-state index < -0.39 is 27.2 Å². The molecule has 1 heterocycles. The first-order valence-electron chi connectivity index (χ1n) is 6.50. The summed E-state index contributed by atoms with van der Waals surface area (Å²) < 4.78 is 26.2. The maximum atomic E-state index is 12.5. The summed E-state index contributed by atoms with van der Waals surface area (Å²) in [4.78, 5) is 15.1. The number of carboxylic acids is 1. The van der Waals surface area contributed by atoms with Gasteiger partial charge >= 0.3 is 5.97 Å². The molecule has 1 N–H and O–H groups in total. The molecule has 1 fully saturated rings. The number of sulfonamides is 1. The average molecular weight is 298 g/mol. The van der Waals surface area contributed by atoms with Crippen LogP contribution in [0.25, 0.3) is 0 Å². The van der Waals surface area contributed by atoms with Crippen molar-refractivity contribution in [1.82, 2.24) is 9.29 Å². The first kappa shape index (κ1) is 14.9. The molecular formula is C13H18N2O4S. The van der Waals surface area contributed by atoms with Gasteiger partial charge in [-0.3, -0.25) is 9.78 Å². The highest BCUT2D eigenvalue weighted by atomic mass is 32.2. The van der Waals surface area contributed by atoms with E-state index in [1.165, 1.54) is 11.4 Å². The van der Waals surface area contributed by atoms with Gasteiger partial charge in [-0.05, 0) is 24.5 Å². The van der Waals surface area contributed by atoms with E-state index in [1.54, 1.807) is 24.5 Å². The molecule has 2 rings (SSSR count). The Labute approximate surface area is 118 Å². The number of hydrogen-bond donors (Lipinski definition) is 1. The monoisotopic (exact) mass is 298 g/mol. The summed E-state index contributed by atoms with van der Waals surface area (Å²) in [7, 11) is -2.12. The molecule has 1 saturated carbocycles. The van der Waals surface area contributed by atoms with E-state index in [1.807, 2.05) is 0 Å². The molecule has 20 heavy (non-hydrogen) atoms. The minimum Gasteiger partial charge on any atom is -0.481 e. The van der Waals surface area contributed by atoms with E-state index in [0.29, 0.717) is 19.3 Å². The SMILES string of the molecule is CN(Cc1cccnc1)S(=O)(=O)C1CCCC1C(=O)O. The van der Waals surface area contributed by atoms with Crippen molar-refractivity contribution in [3.8, 4) is 0 Å². The summed E-state index contributed by atoms with van der Waals surface area (Å²) in [5.41, 5.74) is 0.781. The number of pyridine rings is 1. The van der Waals surface area contributed by atoms with Gasteiger partial charge in [0.25, 0.3) is 0 Å². The fourth-order valence-corrected chi connectivity index (χ4v) is 4.56. The van der Waals surface area contributed by atoms with E-state index in [-0.39, 0.29) is 6.54 Å². The zero-order valence-corrected chi connectivity index (χ0v) is 12.1. The molecule has 0 radical (unpaired) electrons. The molecule has 2 unspecified atom stereocenters. The van der Waals surface area contributed by atoms with Crippen molar-refractivity contribution in [2.75, 3.05) is 7.05 Å². The number of carbonyl (C=O) groups is 1. The van der Waals surface area contributed by atoms with E-state index in [9.17, 15) is 13.2 Å². The van der Waals surface area contributed by atoms with Crippen molar-refractivity contribution in [2.45, 2.75) is 31.1 Å². The molecule has 1 aliphatic carbocycles. The van der Waals surface area contributed by atoms with Crippen LogP contribution in [-0.2, 0) is 21.4 Å². The first-order valence-corrected chi connectivity index (χ1v) is 8.00. The summed E-state index contributed by atoms with van der Waals surface area (Å²) in [5.74, 6) is -1.82. The third-order valence-electron chi connectivity index (χ3n) is 3.71. The maximum Gasteiger partial charge on any atom is 0.307 e. The van der Waals surface area contributed by atoms with E-state index in [0.717, 1.165) is 5.56 Å². The van der Waals surface area contributed by atoms with Crippen LogP contribution in [0.1, 0.15) is 24.8 Å². The largest absolute Gasteiger partial charge is 0.481 e. The second kappa shape index (κ2) is 5.88. The van der Waals surface area contributed by atoms with Crippen LogP contribution in [0.4, 0.5) is 0 Å². The van der Waals surface area contributed by atoms with Crippen LogP contribution < -0.4 is 0 Å². The highest BCUT2D eigenvalue weighted by Gasteiger charge is 2.43. The molecule has 2 atom stereocenters. The molecule has 0 aliphatic heterocycles. The lowest BCUT2D eigenvalue weighted by atomic mass is 10.1. The van der Waals surface area contributed by atoms with Gasteiger partial charge in [-0.25, -0.2) is 12.7 Å². The zero-order valence-electron chi connectivity index (χ0n) is 11.3. The Morgan fingerprint density at radius 3 is 2.85 bits per heavy atom. The number of hydrogen-bond acceptors (Lipinski definition) is 4. The lowest BCUT2D eigenvalue weighted by molar-refractivity contribution is -0.141. The molecule has 0 saturated heterocycles. The summed E-state index contributed by atoms with van der Waals surface area (Å²) in [6.07, 6.45) is 4.71. The quantitative estimate of drug-likeness (QED) is 0.879. The normalized spacial score (nSPS) is 23.1. The van der Waals surface area contributed by atoms with Gasteiger partial charge in [-0.1, -0.05) is 12.5 Å². The van der Waals surface area contributed by atoms with Gasteiger partial charge in [0, 0.05) is 26.0 Å². The second-order valence-corrected chi connectivity index (χ2v) is 7.34. The van der Waals surface area contributed by atoms with Gasteiger partial charge in [0.1, 0.15) is 0 Å². The molecule has 1 aromatic heterocycles. The van der Waals surface area contributed by atoms with Gasteiger partial charge in [0.15, 0.2) is 0 Å². The molecule has 110 valence electrons. The summed E-state index contributed by atoms with van der Waals surface area (Å²) in [6.45, 7) is 0.207. The zero-order chi connectivity index (χ0) is 14.8. The molecular weight excluding hydrogens is 280 g/mol. The Balaban J connectivity index is 2.15. The van der Waals surface area contributed by atoms with E-state index in [2.05, 4.69) is 4.98 Å². The molecule has 0 spiro atoms. The topological polar surface area (TPSA) is 87.6 Å². The highest BCUT2D eigenvalue weighted by molar-refractivity contribution is 7.89. The van der Waals surface area contributed by atoms with Crippen LogP contribution in [0.2, 0.25) is 0 Å². The minimum absolute atomic E-state index is 0.207. The van der Waals surface area contributed by atoms with Gasteiger partial charge in [0.05, 0.1) is 11.2 Å². The van der Waals surface area contributed by atoms with Crippen LogP contribution in [0.3, 0.4) is 0 Å². The Morgan fingerprint density at radius 2 is 2.25 bits per heavy atom. The van der Waals surface area contributed by atoms with Crippen LogP contribution >= 0.6 is 0 Å². The smallest absolute Gasteiger partial charge is 0.307 e. The molecule has 0 amide bonds. The Hall–Kier alpha value is -1.47. The lowest BCUT2D eigenvalue weighted by Gasteiger charge is -2.24. The molecule has 0 bridgehead atoms. The molecule has 0 aromatic carbocycles. The predicted molar refractivity (Wildman–Crippen MR) is 73.4 cm³/mol. The van der Waals surface area contributed by atoms with Crippen molar-refractivity contribution in [1.29, 1.82) is 0 Å². The minimum atomic E-state index is -3.61.